The minimum Gasteiger partial charge on any atom is -0.483 e. The third-order valence-corrected chi connectivity index (χ3v) is 5.12. The fraction of sp³-hybridized carbons (Fsp3) is 0.524. The maximum Gasteiger partial charge on any atom is 0.290 e. The number of nitrogens with one attached hydrogen (secondary N) is 2. The van der Waals surface area contributed by atoms with Gasteiger partial charge in [-0.05, 0) is 37.3 Å². The Morgan fingerprint density at radius 1 is 1.25 bits per heavy atom. The Bertz CT molecular complexity index is 816. The number of carbonyl (C=O) groups is 4. The van der Waals surface area contributed by atoms with Gasteiger partial charge in [-0.2, -0.15) is 5.10 Å². The standard InChI is InChI=1S/C20H27N5O4.CH2O2/c26-17-10-16(22-18(27)6-3-14-2-1-9-21-11-14)12-25(13-17)20(29)8-5-15-4-7-19(28)24-23-15;2-1-3/h1-2,9,11,16-17,26H,3-8,10,12-13H2,(H,22,27)(H,24,28);1H,(H,2,3)/t16-,17+;/m0./s1. The molecule has 3 heterocycles. The molecular formula is C21H29N5O6. The number of rotatable bonds is 7. The molecule has 4 N–H and O–H groups in total. The Balaban J connectivity index is 0.00000114. The molecule has 2 aliphatic heterocycles. The summed E-state index contributed by atoms with van der Waals surface area (Å²) in [6, 6.07) is 3.49. The fourth-order valence-corrected chi connectivity index (χ4v) is 3.59. The van der Waals surface area contributed by atoms with Crippen molar-refractivity contribution in [1.82, 2.24) is 20.6 Å². The van der Waals surface area contributed by atoms with Gasteiger partial charge in [0, 0.05) is 56.5 Å². The first kappa shape index (κ1) is 24.9. The van der Waals surface area contributed by atoms with Gasteiger partial charge in [0.15, 0.2) is 0 Å². The summed E-state index contributed by atoms with van der Waals surface area (Å²) in [5.41, 5.74) is 4.22. The molecule has 0 aliphatic carbocycles. The zero-order valence-electron chi connectivity index (χ0n) is 17.8. The van der Waals surface area contributed by atoms with Gasteiger partial charge in [-0.3, -0.25) is 24.2 Å². The molecule has 0 saturated carbocycles. The topological polar surface area (TPSA) is 161 Å². The Morgan fingerprint density at radius 2 is 2.03 bits per heavy atom. The molecule has 1 fully saturated rings. The number of aliphatic hydroxyl groups is 1. The van der Waals surface area contributed by atoms with Crippen LogP contribution in [-0.2, 0) is 25.6 Å². The molecule has 3 rings (SSSR count). The van der Waals surface area contributed by atoms with Crippen molar-refractivity contribution in [3.63, 3.8) is 0 Å². The molecule has 3 amide bonds. The minimum atomic E-state index is -0.664. The molecule has 11 nitrogen and oxygen atoms in total. The maximum atomic E-state index is 12.5. The van der Waals surface area contributed by atoms with Crippen molar-refractivity contribution in [3.8, 4) is 0 Å². The summed E-state index contributed by atoms with van der Waals surface area (Å²) in [5, 5.41) is 23.9. The summed E-state index contributed by atoms with van der Waals surface area (Å²) in [4.78, 5) is 49.9. The lowest BCUT2D eigenvalue weighted by atomic mass is 10.0. The largest absolute Gasteiger partial charge is 0.483 e. The van der Waals surface area contributed by atoms with E-state index >= 15 is 0 Å². The van der Waals surface area contributed by atoms with Crippen LogP contribution in [0, 0.1) is 0 Å². The summed E-state index contributed by atoms with van der Waals surface area (Å²) >= 11 is 0. The molecule has 0 bridgehead atoms. The van der Waals surface area contributed by atoms with E-state index in [9.17, 15) is 19.5 Å². The minimum absolute atomic E-state index is 0.0852. The van der Waals surface area contributed by atoms with E-state index in [4.69, 9.17) is 9.90 Å². The highest BCUT2D eigenvalue weighted by atomic mass is 16.3. The third-order valence-electron chi connectivity index (χ3n) is 5.12. The van der Waals surface area contributed by atoms with Gasteiger partial charge in [0.05, 0.1) is 6.10 Å². The van der Waals surface area contributed by atoms with Crippen LogP contribution in [0.15, 0.2) is 29.6 Å². The highest BCUT2D eigenvalue weighted by Crippen LogP contribution is 2.14. The highest BCUT2D eigenvalue weighted by molar-refractivity contribution is 5.94. The number of β-amino-alcohol motifs (C(OH)–C–C–N with tert-alkyl or cyclic N) is 1. The molecule has 1 saturated heterocycles. The Kier molecular flexibility index (Phi) is 10.2. The van der Waals surface area contributed by atoms with Crippen molar-refractivity contribution in [1.29, 1.82) is 0 Å². The van der Waals surface area contributed by atoms with E-state index in [2.05, 4.69) is 20.8 Å². The first-order chi connectivity index (χ1) is 15.4. The summed E-state index contributed by atoms with van der Waals surface area (Å²) in [5.74, 6) is -0.299. The van der Waals surface area contributed by atoms with E-state index in [1.165, 1.54) is 0 Å². The van der Waals surface area contributed by atoms with E-state index in [0.717, 1.165) is 11.3 Å². The van der Waals surface area contributed by atoms with Gasteiger partial charge in [-0.25, -0.2) is 5.43 Å². The number of pyridine rings is 1. The van der Waals surface area contributed by atoms with Crippen LogP contribution >= 0.6 is 0 Å². The number of hydrazone groups is 1. The predicted octanol–water partition coefficient (Wildman–Crippen LogP) is -0.161. The Hall–Kier alpha value is -3.34. The summed E-state index contributed by atoms with van der Waals surface area (Å²) < 4.78 is 0. The molecule has 11 heteroatoms. The molecule has 1 aromatic heterocycles. The lowest BCUT2D eigenvalue weighted by molar-refractivity contribution is -0.136. The second kappa shape index (κ2) is 13.2. The molecular weight excluding hydrogens is 418 g/mol. The van der Waals surface area contributed by atoms with Crippen molar-refractivity contribution in [2.75, 3.05) is 13.1 Å². The second-order valence-electron chi connectivity index (χ2n) is 7.63. The molecule has 32 heavy (non-hydrogen) atoms. The first-order valence-corrected chi connectivity index (χ1v) is 10.5. The second-order valence-corrected chi connectivity index (χ2v) is 7.63. The number of hydrogen-bond acceptors (Lipinski definition) is 7. The van der Waals surface area contributed by atoms with E-state index in [1.54, 1.807) is 17.3 Å². The van der Waals surface area contributed by atoms with Crippen LogP contribution in [0.1, 0.15) is 44.1 Å². The highest BCUT2D eigenvalue weighted by Gasteiger charge is 2.29. The van der Waals surface area contributed by atoms with Crippen molar-refractivity contribution < 1.29 is 29.4 Å². The lowest BCUT2D eigenvalue weighted by Crippen LogP contribution is -2.54. The van der Waals surface area contributed by atoms with E-state index in [1.807, 2.05) is 12.1 Å². The van der Waals surface area contributed by atoms with Crippen LogP contribution in [0.2, 0.25) is 0 Å². The number of hydrogen-bond donors (Lipinski definition) is 4. The van der Waals surface area contributed by atoms with Crippen molar-refractivity contribution >= 4 is 29.9 Å². The van der Waals surface area contributed by atoms with E-state index in [0.29, 0.717) is 45.1 Å². The number of carboxylic acid groups (broad SMARTS) is 1. The molecule has 2 atom stereocenters. The molecule has 0 aromatic carbocycles. The van der Waals surface area contributed by atoms with Crippen LogP contribution in [0.5, 0.6) is 0 Å². The van der Waals surface area contributed by atoms with Crippen molar-refractivity contribution in [2.24, 2.45) is 5.10 Å². The number of aryl methyl sites for hydroxylation is 1. The smallest absolute Gasteiger partial charge is 0.290 e. The molecule has 0 unspecified atom stereocenters. The zero-order valence-corrected chi connectivity index (χ0v) is 17.8. The summed E-state index contributed by atoms with van der Waals surface area (Å²) in [6.07, 6.45) is 5.82. The van der Waals surface area contributed by atoms with Crippen LogP contribution in [0.4, 0.5) is 0 Å². The molecule has 174 valence electrons. The van der Waals surface area contributed by atoms with Crippen LogP contribution in [0.3, 0.4) is 0 Å². The van der Waals surface area contributed by atoms with Crippen LogP contribution < -0.4 is 10.7 Å². The van der Waals surface area contributed by atoms with E-state index < -0.39 is 6.10 Å². The monoisotopic (exact) mass is 447 g/mol. The number of amides is 3. The number of aromatic nitrogens is 1. The SMILES string of the molecule is O=C1CCC(CCC(=O)N2C[C@H](O)C[C@H](NC(=O)CCc3cccnc3)C2)=NN1.O=CO. The number of piperidine rings is 1. The van der Waals surface area contributed by atoms with Crippen LogP contribution in [-0.4, -0.2) is 75.2 Å². The molecule has 0 spiro atoms. The Labute approximate surface area is 185 Å². The van der Waals surface area contributed by atoms with Gasteiger partial charge in [-0.1, -0.05) is 6.07 Å². The number of aliphatic hydroxyl groups excluding tert-OH is 1. The first-order valence-electron chi connectivity index (χ1n) is 10.5. The van der Waals surface area contributed by atoms with Gasteiger partial charge < -0.3 is 20.4 Å². The van der Waals surface area contributed by atoms with Crippen molar-refractivity contribution in [3.05, 3.63) is 30.1 Å². The number of carbonyl (C=O) groups excluding carboxylic acids is 3. The number of nitrogens with zero attached hydrogens (tertiary/aromatic N) is 3. The zero-order chi connectivity index (χ0) is 23.3. The van der Waals surface area contributed by atoms with Gasteiger partial charge in [0.25, 0.3) is 6.47 Å². The van der Waals surface area contributed by atoms with Gasteiger partial charge in [-0.15, -0.1) is 0 Å². The van der Waals surface area contributed by atoms with Crippen LogP contribution in [0.25, 0.3) is 0 Å². The average Bonchev–Trinajstić information content (AvgIpc) is 2.78. The quantitative estimate of drug-likeness (QED) is 0.422. The average molecular weight is 447 g/mol. The summed E-state index contributed by atoms with van der Waals surface area (Å²) in [6.45, 7) is 0.405. The summed E-state index contributed by atoms with van der Waals surface area (Å²) in [7, 11) is 0. The third kappa shape index (κ3) is 8.80. The fourth-order valence-electron chi connectivity index (χ4n) is 3.59. The normalized spacial score (nSPS) is 20.2. The maximum absolute atomic E-state index is 12.5. The van der Waals surface area contributed by atoms with Crippen molar-refractivity contribution in [2.45, 2.75) is 57.1 Å². The lowest BCUT2D eigenvalue weighted by Gasteiger charge is -2.36. The molecule has 0 radical (unpaired) electrons. The molecule has 2 aliphatic rings. The van der Waals surface area contributed by atoms with E-state index in [-0.39, 0.29) is 43.2 Å². The number of likely N-dealkylation sites (tertiary alicyclic amines) is 1. The van der Waals surface area contributed by atoms with Gasteiger partial charge in [0.2, 0.25) is 17.7 Å². The molecule has 1 aromatic rings. The predicted molar refractivity (Wildman–Crippen MR) is 114 cm³/mol. The van der Waals surface area contributed by atoms with Gasteiger partial charge >= 0.3 is 0 Å². The van der Waals surface area contributed by atoms with Gasteiger partial charge in [0.1, 0.15) is 0 Å². The Morgan fingerprint density at radius 3 is 2.69 bits per heavy atom.